The summed E-state index contributed by atoms with van der Waals surface area (Å²) < 4.78 is 0. The molecule has 0 spiro atoms. The number of hydrogen-bond acceptors (Lipinski definition) is 1. The zero-order valence-electron chi connectivity index (χ0n) is 9.46. The second-order valence-corrected chi connectivity index (χ2v) is 5.07. The fourth-order valence-corrected chi connectivity index (χ4v) is 2.51. The zero-order chi connectivity index (χ0) is 10.2. The van der Waals surface area contributed by atoms with Gasteiger partial charge in [0.05, 0.1) is 0 Å². The Kier molecular flexibility index (Phi) is 5.93. The second-order valence-electron chi connectivity index (χ2n) is 4.29. The van der Waals surface area contributed by atoms with Crippen LogP contribution >= 0.6 is 11.3 Å². The van der Waals surface area contributed by atoms with Crippen molar-refractivity contribution in [3.63, 3.8) is 0 Å². The predicted molar refractivity (Wildman–Crippen MR) is 65.9 cm³/mol. The minimum atomic E-state index is 0.862. The van der Waals surface area contributed by atoms with Crippen molar-refractivity contribution in [2.75, 3.05) is 0 Å². The van der Waals surface area contributed by atoms with Gasteiger partial charge in [0.15, 0.2) is 0 Å². The monoisotopic (exact) mass is 210 g/mol. The number of unbranched alkanes of at least 4 members (excludes halogenated alkanes) is 3. The average molecular weight is 210 g/mol. The first-order valence-electron chi connectivity index (χ1n) is 5.84. The highest BCUT2D eigenvalue weighted by Gasteiger charge is 2.03. The summed E-state index contributed by atoms with van der Waals surface area (Å²) in [5, 5.41) is 4.46. The van der Waals surface area contributed by atoms with E-state index in [1.807, 2.05) is 11.3 Å². The SMILES string of the molecule is CCCCCC[C@H](C)Cc1ccsc1. The van der Waals surface area contributed by atoms with Gasteiger partial charge in [-0.05, 0) is 34.7 Å². The summed E-state index contributed by atoms with van der Waals surface area (Å²) in [6.07, 6.45) is 8.26. The first-order valence-corrected chi connectivity index (χ1v) is 6.78. The highest BCUT2D eigenvalue weighted by molar-refractivity contribution is 7.07. The van der Waals surface area contributed by atoms with Crippen LogP contribution < -0.4 is 0 Å². The van der Waals surface area contributed by atoms with Crippen molar-refractivity contribution >= 4 is 11.3 Å². The Bertz CT molecular complexity index is 213. The first kappa shape index (κ1) is 11.8. The maximum absolute atomic E-state index is 2.38. The van der Waals surface area contributed by atoms with Crippen LogP contribution in [-0.4, -0.2) is 0 Å². The van der Waals surface area contributed by atoms with Gasteiger partial charge in [0.25, 0.3) is 0 Å². The fourth-order valence-electron chi connectivity index (χ4n) is 1.83. The van der Waals surface area contributed by atoms with E-state index in [1.165, 1.54) is 44.1 Å². The Morgan fingerprint density at radius 3 is 2.79 bits per heavy atom. The van der Waals surface area contributed by atoms with Crippen molar-refractivity contribution in [1.29, 1.82) is 0 Å². The van der Waals surface area contributed by atoms with E-state index >= 15 is 0 Å². The summed E-state index contributed by atoms with van der Waals surface area (Å²) in [5.74, 6) is 0.862. The van der Waals surface area contributed by atoms with Crippen molar-refractivity contribution in [3.8, 4) is 0 Å². The quantitative estimate of drug-likeness (QED) is 0.562. The molecule has 14 heavy (non-hydrogen) atoms. The Balaban J connectivity index is 2.07. The molecule has 80 valence electrons. The molecule has 1 heterocycles. The molecular weight excluding hydrogens is 188 g/mol. The predicted octanol–water partition coefficient (Wildman–Crippen LogP) is 4.90. The van der Waals surface area contributed by atoms with Crippen LogP contribution in [0.1, 0.15) is 51.5 Å². The van der Waals surface area contributed by atoms with Gasteiger partial charge in [0, 0.05) is 0 Å². The highest BCUT2D eigenvalue weighted by Crippen LogP contribution is 2.17. The van der Waals surface area contributed by atoms with Crippen LogP contribution in [-0.2, 0) is 6.42 Å². The molecule has 1 rings (SSSR count). The molecule has 1 aromatic rings. The van der Waals surface area contributed by atoms with E-state index in [-0.39, 0.29) is 0 Å². The van der Waals surface area contributed by atoms with Gasteiger partial charge in [-0.3, -0.25) is 0 Å². The van der Waals surface area contributed by atoms with Crippen LogP contribution in [0.3, 0.4) is 0 Å². The summed E-state index contributed by atoms with van der Waals surface area (Å²) in [7, 11) is 0. The van der Waals surface area contributed by atoms with Crippen molar-refractivity contribution in [2.45, 2.75) is 52.4 Å². The van der Waals surface area contributed by atoms with E-state index < -0.39 is 0 Å². The maximum Gasteiger partial charge on any atom is -0.00612 e. The second kappa shape index (κ2) is 7.05. The molecule has 0 aliphatic heterocycles. The molecule has 1 aromatic heterocycles. The average Bonchev–Trinajstić information content (AvgIpc) is 2.65. The molecule has 0 aromatic carbocycles. The van der Waals surface area contributed by atoms with Gasteiger partial charge in [-0.25, -0.2) is 0 Å². The number of thiophene rings is 1. The minimum absolute atomic E-state index is 0.862. The molecular formula is C13H22S. The Labute approximate surface area is 92.4 Å². The Morgan fingerprint density at radius 2 is 2.14 bits per heavy atom. The smallest absolute Gasteiger partial charge is 0.00612 e. The van der Waals surface area contributed by atoms with E-state index in [4.69, 9.17) is 0 Å². The Hall–Kier alpha value is -0.300. The molecule has 1 atom stereocenters. The summed E-state index contributed by atoms with van der Waals surface area (Å²) >= 11 is 1.81. The van der Waals surface area contributed by atoms with E-state index in [0.29, 0.717) is 0 Å². The third-order valence-electron chi connectivity index (χ3n) is 2.71. The van der Waals surface area contributed by atoms with Gasteiger partial charge in [0.1, 0.15) is 0 Å². The van der Waals surface area contributed by atoms with Gasteiger partial charge >= 0.3 is 0 Å². The third-order valence-corrected chi connectivity index (χ3v) is 3.45. The third kappa shape index (κ3) is 4.80. The van der Waals surface area contributed by atoms with Crippen molar-refractivity contribution in [3.05, 3.63) is 22.4 Å². The molecule has 0 N–H and O–H groups in total. The van der Waals surface area contributed by atoms with Gasteiger partial charge in [-0.15, -0.1) is 0 Å². The maximum atomic E-state index is 2.38. The van der Waals surface area contributed by atoms with Gasteiger partial charge in [-0.2, -0.15) is 11.3 Å². The minimum Gasteiger partial charge on any atom is -0.152 e. The summed E-state index contributed by atoms with van der Waals surface area (Å²) in [6, 6.07) is 2.26. The summed E-state index contributed by atoms with van der Waals surface area (Å²) in [4.78, 5) is 0. The molecule has 0 unspecified atom stereocenters. The van der Waals surface area contributed by atoms with E-state index in [1.54, 1.807) is 0 Å². The molecule has 0 saturated carbocycles. The molecule has 0 amide bonds. The largest absolute Gasteiger partial charge is 0.152 e. The molecule has 0 fully saturated rings. The number of rotatable bonds is 7. The lowest BCUT2D eigenvalue weighted by atomic mass is 9.97. The molecule has 0 bridgehead atoms. The lowest BCUT2D eigenvalue weighted by Gasteiger charge is -2.09. The fraction of sp³-hybridized carbons (Fsp3) is 0.692. The summed E-state index contributed by atoms with van der Waals surface area (Å²) in [5.41, 5.74) is 1.53. The van der Waals surface area contributed by atoms with Crippen LogP contribution in [0.5, 0.6) is 0 Å². The van der Waals surface area contributed by atoms with Crippen LogP contribution in [0, 0.1) is 5.92 Å². The van der Waals surface area contributed by atoms with Crippen LogP contribution in [0.15, 0.2) is 16.8 Å². The van der Waals surface area contributed by atoms with Crippen molar-refractivity contribution in [1.82, 2.24) is 0 Å². The molecule has 0 saturated heterocycles. The Morgan fingerprint density at radius 1 is 1.29 bits per heavy atom. The molecule has 0 aliphatic carbocycles. The number of hydrogen-bond donors (Lipinski definition) is 0. The normalized spacial score (nSPS) is 13.0. The van der Waals surface area contributed by atoms with E-state index in [9.17, 15) is 0 Å². The van der Waals surface area contributed by atoms with Crippen LogP contribution in [0.25, 0.3) is 0 Å². The molecule has 0 aliphatic rings. The van der Waals surface area contributed by atoms with Gasteiger partial charge in [0.2, 0.25) is 0 Å². The van der Waals surface area contributed by atoms with Crippen LogP contribution in [0.4, 0.5) is 0 Å². The van der Waals surface area contributed by atoms with Crippen molar-refractivity contribution in [2.24, 2.45) is 5.92 Å². The standard InChI is InChI=1S/C13H22S/c1-3-4-5-6-7-12(2)10-13-8-9-14-11-13/h8-9,11-12H,3-7,10H2,1-2H3/t12-/m0/s1. The van der Waals surface area contributed by atoms with Gasteiger partial charge < -0.3 is 0 Å². The molecule has 1 heteroatoms. The first-order chi connectivity index (χ1) is 6.83. The summed E-state index contributed by atoms with van der Waals surface area (Å²) in [6.45, 7) is 4.65. The van der Waals surface area contributed by atoms with E-state index in [2.05, 4.69) is 30.7 Å². The lowest BCUT2D eigenvalue weighted by Crippen LogP contribution is -1.98. The van der Waals surface area contributed by atoms with Gasteiger partial charge in [-0.1, -0.05) is 46.0 Å². The van der Waals surface area contributed by atoms with E-state index in [0.717, 1.165) is 5.92 Å². The zero-order valence-corrected chi connectivity index (χ0v) is 10.3. The highest BCUT2D eigenvalue weighted by atomic mass is 32.1. The molecule has 0 radical (unpaired) electrons. The van der Waals surface area contributed by atoms with Crippen LogP contribution in [0.2, 0.25) is 0 Å². The lowest BCUT2D eigenvalue weighted by molar-refractivity contribution is 0.487. The topological polar surface area (TPSA) is 0 Å². The van der Waals surface area contributed by atoms with Crippen molar-refractivity contribution < 1.29 is 0 Å². The molecule has 0 nitrogen and oxygen atoms in total.